The number of carbonyl (C=O) groups excluding carboxylic acids is 1. The molecule has 4 aliphatic carbocycles. The van der Waals surface area contributed by atoms with Crippen LogP contribution in [0, 0.1) is 17.8 Å². The minimum atomic E-state index is -3.81. The highest BCUT2D eigenvalue weighted by atomic mass is 32.2. The van der Waals surface area contributed by atoms with Crippen LogP contribution in [0.5, 0.6) is 0 Å². The van der Waals surface area contributed by atoms with E-state index in [4.69, 9.17) is 4.74 Å². The molecule has 4 aliphatic rings. The van der Waals surface area contributed by atoms with E-state index in [0.29, 0.717) is 28.4 Å². The number of aromatic nitrogens is 1. The maximum absolute atomic E-state index is 13.9. The molecule has 6 rings (SSSR count). The van der Waals surface area contributed by atoms with Gasteiger partial charge in [0.25, 0.3) is 10.0 Å². The van der Waals surface area contributed by atoms with Crippen LogP contribution in [0.1, 0.15) is 48.9 Å². The predicted octanol–water partition coefficient (Wildman–Crippen LogP) is 4.09. The fourth-order valence-corrected chi connectivity index (χ4v) is 8.93. The van der Waals surface area contributed by atoms with Crippen LogP contribution in [-0.4, -0.2) is 32.0 Å². The summed E-state index contributed by atoms with van der Waals surface area (Å²) in [5, 5.41) is 2.38. The quantitative estimate of drug-likeness (QED) is 0.665. The molecule has 0 atom stereocenters. The highest BCUT2D eigenvalue weighted by Crippen LogP contribution is 2.59. The Bertz CT molecular complexity index is 980. The maximum Gasteiger partial charge on any atom is 0.337 e. The second-order valence-corrected chi connectivity index (χ2v) is 11.4. The predicted molar refractivity (Wildman–Crippen MR) is 110 cm³/mol. The molecule has 4 saturated carbocycles. The van der Waals surface area contributed by atoms with Gasteiger partial charge in [-0.15, -0.1) is 11.3 Å². The summed E-state index contributed by atoms with van der Waals surface area (Å²) in [6.45, 7) is 0. The molecule has 0 radical (unpaired) electrons. The zero-order valence-electron chi connectivity index (χ0n) is 16.3. The topological polar surface area (TPSA) is 76.6 Å². The molecule has 0 N–H and O–H groups in total. The van der Waals surface area contributed by atoms with Gasteiger partial charge in [-0.25, -0.2) is 22.5 Å². The Balaban J connectivity index is 1.58. The number of benzene rings is 1. The highest BCUT2D eigenvalue weighted by Gasteiger charge is 2.57. The molecule has 0 spiro atoms. The Labute approximate surface area is 175 Å². The molecular weight excluding hydrogens is 408 g/mol. The number of nitrogens with zero attached hydrogens (tertiary/aromatic N) is 2. The molecule has 1 heterocycles. The number of methoxy groups -OCH3 is 1. The average molecular weight is 433 g/mol. The van der Waals surface area contributed by atoms with E-state index in [1.54, 1.807) is 10.5 Å². The SMILES string of the molecule is COC(=O)c1ccc(S(=O)(=O)N(c2nccs2)C23CC4CC(CC(C4)C2)C3)cc1. The van der Waals surface area contributed by atoms with Gasteiger partial charge in [-0.3, -0.25) is 0 Å². The molecule has 0 saturated heterocycles. The maximum atomic E-state index is 13.9. The highest BCUT2D eigenvalue weighted by molar-refractivity contribution is 7.93. The molecule has 154 valence electrons. The number of thiazole rings is 1. The van der Waals surface area contributed by atoms with Gasteiger partial charge in [-0.1, -0.05) is 0 Å². The second-order valence-electron chi connectivity index (χ2n) is 8.74. The first-order valence-electron chi connectivity index (χ1n) is 10.0. The van der Waals surface area contributed by atoms with E-state index in [1.165, 1.54) is 62.0 Å². The first-order chi connectivity index (χ1) is 13.9. The lowest BCUT2D eigenvalue weighted by atomic mass is 9.53. The lowest BCUT2D eigenvalue weighted by Gasteiger charge is -2.59. The van der Waals surface area contributed by atoms with Crippen molar-refractivity contribution in [3.05, 3.63) is 41.4 Å². The molecule has 6 nitrogen and oxygen atoms in total. The Morgan fingerprint density at radius 3 is 2.17 bits per heavy atom. The van der Waals surface area contributed by atoms with Gasteiger partial charge < -0.3 is 4.74 Å². The minimum absolute atomic E-state index is 0.191. The van der Waals surface area contributed by atoms with Gasteiger partial charge >= 0.3 is 5.97 Å². The number of carbonyl (C=O) groups is 1. The molecule has 1 aromatic heterocycles. The average Bonchev–Trinajstić information content (AvgIpc) is 3.19. The standard InChI is InChI=1S/C21H24N2O4S2/c1-27-19(24)17-2-4-18(5-3-17)29(25,26)23(20-22-6-7-28-20)21-11-14-8-15(12-21)10-16(9-14)13-21/h2-7,14-16H,8-13H2,1H3. The summed E-state index contributed by atoms with van der Waals surface area (Å²) in [5.41, 5.74) is -0.0472. The summed E-state index contributed by atoms with van der Waals surface area (Å²) in [5.74, 6) is 1.36. The van der Waals surface area contributed by atoms with Crippen molar-refractivity contribution in [2.24, 2.45) is 17.8 Å². The van der Waals surface area contributed by atoms with Crippen molar-refractivity contribution in [3.8, 4) is 0 Å². The van der Waals surface area contributed by atoms with Crippen LogP contribution in [0.4, 0.5) is 5.13 Å². The molecule has 4 fully saturated rings. The first kappa shape index (κ1) is 19.1. The normalized spacial score (nSPS) is 30.3. The zero-order valence-corrected chi connectivity index (χ0v) is 17.9. The number of rotatable bonds is 5. The third-order valence-corrected chi connectivity index (χ3v) is 9.62. The Kier molecular flexibility index (Phi) is 4.47. The number of esters is 1. The van der Waals surface area contributed by atoms with Crippen molar-refractivity contribution < 1.29 is 17.9 Å². The van der Waals surface area contributed by atoms with Crippen LogP contribution in [0.15, 0.2) is 40.7 Å². The monoisotopic (exact) mass is 432 g/mol. The molecule has 2 aromatic rings. The largest absolute Gasteiger partial charge is 0.465 e. The second kappa shape index (κ2) is 6.80. The van der Waals surface area contributed by atoms with Gasteiger partial charge in [0.2, 0.25) is 0 Å². The van der Waals surface area contributed by atoms with Crippen molar-refractivity contribution in [2.75, 3.05) is 11.4 Å². The van der Waals surface area contributed by atoms with E-state index in [2.05, 4.69) is 4.98 Å². The van der Waals surface area contributed by atoms with E-state index in [9.17, 15) is 13.2 Å². The van der Waals surface area contributed by atoms with Crippen LogP contribution in [0.3, 0.4) is 0 Å². The molecule has 29 heavy (non-hydrogen) atoms. The molecule has 0 amide bonds. The van der Waals surface area contributed by atoms with Crippen LogP contribution >= 0.6 is 11.3 Å². The molecule has 1 aromatic carbocycles. The first-order valence-corrected chi connectivity index (χ1v) is 12.4. The number of hydrogen-bond donors (Lipinski definition) is 0. The number of ether oxygens (including phenoxy) is 1. The summed E-state index contributed by atoms with van der Waals surface area (Å²) >= 11 is 1.37. The van der Waals surface area contributed by atoms with Gasteiger partial charge in [-0.2, -0.15) is 0 Å². The third kappa shape index (κ3) is 3.08. The van der Waals surface area contributed by atoms with Crippen LogP contribution in [0.2, 0.25) is 0 Å². The molecule has 0 aliphatic heterocycles. The third-order valence-electron chi connectivity index (χ3n) is 6.84. The van der Waals surface area contributed by atoms with E-state index in [-0.39, 0.29) is 10.4 Å². The van der Waals surface area contributed by atoms with Gasteiger partial charge in [0, 0.05) is 11.6 Å². The van der Waals surface area contributed by atoms with Gasteiger partial charge in [0.15, 0.2) is 5.13 Å². The number of sulfonamides is 1. The summed E-state index contributed by atoms with van der Waals surface area (Å²) < 4.78 is 34.1. The van der Waals surface area contributed by atoms with Crippen molar-refractivity contribution in [2.45, 2.75) is 49.0 Å². The van der Waals surface area contributed by atoms with E-state index in [1.807, 2.05) is 5.38 Å². The summed E-state index contributed by atoms with van der Waals surface area (Å²) in [7, 11) is -2.50. The van der Waals surface area contributed by atoms with E-state index < -0.39 is 16.0 Å². The number of anilines is 1. The van der Waals surface area contributed by atoms with E-state index >= 15 is 0 Å². The lowest BCUT2D eigenvalue weighted by Crippen LogP contribution is -2.61. The summed E-state index contributed by atoms with van der Waals surface area (Å²) in [6, 6.07) is 6.03. The molecule has 0 unspecified atom stereocenters. The fraction of sp³-hybridized carbons (Fsp3) is 0.524. The Hall–Kier alpha value is -1.93. The van der Waals surface area contributed by atoms with Crippen molar-refractivity contribution in [1.82, 2.24) is 4.98 Å². The van der Waals surface area contributed by atoms with Gasteiger partial charge in [0.1, 0.15) is 0 Å². The van der Waals surface area contributed by atoms with Crippen molar-refractivity contribution in [1.29, 1.82) is 0 Å². The van der Waals surface area contributed by atoms with Crippen molar-refractivity contribution in [3.63, 3.8) is 0 Å². The number of hydrogen-bond acceptors (Lipinski definition) is 6. The zero-order chi connectivity index (χ0) is 20.2. The lowest BCUT2D eigenvalue weighted by molar-refractivity contribution is 0.00312. The fourth-order valence-electron chi connectivity index (χ4n) is 6.18. The van der Waals surface area contributed by atoms with Gasteiger partial charge in [0.05, 0.1) is 23.1 Å². The Morgan fingerprint density at radius 1 is 1.10 bits per heavy atom. The van der Waals surface area contributed by atoms with Crippen LogP contribution in [-0.2, 0) is 14.8 Å². The minimum Gasteiger partial charge on any atom is -0.465 e. The van der Waals surface area contributed by atoms with Crippen LogP contribution in [0.25, 0.3) is 0 Å². The molecular formula is C21H24N2O4S2. The Morgan fingerprint density at radius 2 is 1.69 bits per heavy atom. The molecule has 8 heteroatoms. The van der Waals surface area contributed by atoms with Crippen LogP contribution < -0.4 is 4.31 Å². The van der Waals surface area contributed by atoms with Gasteiger partial charge in [-0.05, 0) is 80.5 Å². The summed E-state index contributed by atoms with van der Waals surface area (Å²) in [6.07, 6.45) is 8.12. The molecule has 4 bridgehead atoms. The van der Waals surface area contributed by atoms with E-state index in [0.717, 1.165) is 19.3 Å². The summed E-state index contributed by atoms with van der Waals surface area (Å²) in [4.78, 5) is 16.3. The smallest absolute Gasteiger partial charge is 0.337 e. The van der Waals surface area contributed by atoms with Crippen molar-refractivity contribution >= 4 is 32.5 Å².